The van der Waals surface area contributed by atoms with Crippen LogP contribution in [0, 0.1) is 13.8 Å². The zero-order chi connectivity index (χ0) is 19.4. The number of benzene rings is 1. The number of pyridine rings is 1. The Bertz CT molecular complexity index is 866. The summed E-state index contributed by atoms with van der Waals surface area (Å²) in [7, 11) is 0. The lowest BCUT2D eigenvalue weighted by Gasteiger charge is -2.29. The second-order valence-corrected chi connectivity index (χ2v) is 7.23. The molecule has 4 nitrogen and oxygen atoms in total. The Balaban J connectivity index is 2.02. The minimum absolute atomic E-state index is 0.227. The smallest absolute Gasteiger partial charge is 0.409 e. The van der Waals surface area contributed by atoms with Crippen LogP contribution >= 0.6 is 11.6 Å². The summed E-state index contributed by atoms with van der Waals surface area (Å²) in [5, 5.41) is 0.732. The molecule has 0 atom stereocenters. The fourth-order valence-corrected chi connectivity index (χ4v) is 3.79. The van der Waals surface area contributed by atoms with Crippen molar-refractivity contribution in [2.45, 2.75) is 33.6 Å². The summed E-state index contributed by atoms with van der Waals surface area (Å²) in [4.78, 5) is 18.5. The number of likely N-dealkylation sites (tertiary alicyclic amines) is 1. The summed E-state index contributed by atoms with van der Waals surface area (Å²) in [6, 6.07) is 10.0. The van der Waals surface area contributed by atoms with E-state index in [-0.39, 0.29) is 6.09 Å². The maximum absolute atomic E-state index is 12.0. The van der Waals surface area contributed by atoms with Crippen LogP contribution in [0.15, 0.2) is 42.1 Å². The molecule has 0 spiro atoms. The highest BCUT2D eigenvalue weighted by atomic mass is 35.5. The van der Waals surface area contributed by atoms with Crippen LogP contribution in [0.2, 0.25) is 5.02 Å². The molecule has 2 heterocycles. The van der Waals surface area contributed by atoms with Gasteiger partial charge >= 0.3 is 6.09 Å². The summed E-state index contributed by atoms with van der Waals surface area (Å²) in [5.74, 6) is 0. The number of nitrogens with zero attached hydrogens (tertiary/aromatic N) is 2. The van der Waals surface area contributed by atoms with Crippen molar-refractivity contribution in [3.63, 3.8) is 0 Å². The van der Waals surface area contributed by atoms with Gasteiger partial charge in [-0.1, -0.05) is 29.3 Å². The largest absolute Gasteiger partial charge is 0.450 e. The van der Waals surface area contributed by atoms with Gasteiger partial charge < -0.3 is 9.64 Å². The van der Waals surface area contributed by atoms with Crippen molar-refractivity contribution in [2.24, 2.45) is 0 Å². The van der Waals surface area contributed by atoms with Crippen LogP contribution in [-0.2, 0) is 4.74 Å². The Kier molecular flexibility index (Phi) is 6.17. The number of hydrogen-bond donors (Lipinski definition) is 0. The lowest BCUT2D eigenvalue weighted by Crippen LogP contribution is -2.37. The fraction of sp³-hybridized carbons (Fsp3) is 0.364. The monoisotopic (exact) mass is 384 g/mol. The number of aromatic nitrogens is 1. The first-order chi connectivity index (χ1) is 13.0. The third-order valence-electron chi connectivity index (χ3n) is 4.95. The molecule has 1 aromatic carbocycles. The summed E-state index contributed by atoms with van der Waals surface area (Å²) < 4.78 is 5.14. The normalized spacial score (nSPS) is 14.2. The molecular weight excluding hydrogens is 360 g/mol. The van der Waals surface area contributed by atoms with Crippen molar-refractivity contribution in [1.29, 1.82) is 0 Å². The van der Waals surface area contributed by atoms with E-state index in [9.17, 15) is 4.79 Å². The molecule has 1 aliphatic heterocycles. The van der Waals surface area contributed by atoms with Crippen LogP contribution < -0.4 is 0 Å². The van der Waals surface area contributed by atoms with E-state index in [4.69, 9.17) is 16.3 Å². The van der Waals surface area contributed by atoms with Gasteiger partial charge in [-0.3, -0.25) is 4.98 Å². The lowest BCUT2D eigenvalue weighted by molar-refractivity contribution is 0.104. The van der Waals surface area contributed by atoms with Crippen molar-refractivity contribution in [3.05, 3.63) is 69.5 Å². The van der Waals surface area contributed by atoms with Gasteiger partial charge in [0.05, 0.1) is 12.3 Å². The molecule has 3 rings (SSSR count). The third kappa shape index (κ3) is 4.33. The van der Waals surface area contributed by atoms with Crippen molar-refractivity contribution in [3.8, 4) is 0 Å². The Morgan fingerprint density at radius 1 is 1.19 bits per heavy atom. The fourth-order valence-electron chi connectivity index (χ4n) is 3.56. The van der Waals surface area contributed by atoms with Gasteiger partial charge in [0.2, 0.25) is 0 Å². The number of carbonyl (C=O) groups excluding carboxylic acids is 1. The molecule has 5 heteroatoms. The number of halogens is 1. The van der Waals surface area contributed by atoms with Gasteiger partial charge in [-0.15, -0.1) is 0 Å². The molecule has 1 saturated heterocycles. The van der Waals surface area contributed by atoms with E-state index in [0.29, 0.717) is 19.7 Å². The molecule has 27 heavy (non-hydrogen) atoms. The zero-order valence-corrected chi connectivity index (χ0v) is 16.8. The maximum atomic E-state index is 12.0. The van der Waals surface area contributed by atoms with E-state index >= 15 is 0 Å². The molecule has 0 bridgehead atoms. The average molecular weight is 385 g/mol. The van der Waals surface area contributed by atoms with Crippen LogP contribution in [0.3, 0.4) is 0 Å². The summed E-state index contributed by atoms with van der Waals surface area (Å²) >= 11 is 6.18. The topological polar surface area (TPSA) is 42.4 Å². The highest BCUT2D eigenvalue weighted by molar-refractivity contribution is 6.30. The minimum Gasteiger partial charge on any atom is -0.450 e. The van der Waals surface area contributed by atoms with Crippen molar-refractivity contribution >= 4 is 23.3 Å². The standard InChI is InChI=1S/C22H25ClN2O2/c1-4-27-22(26)25-12-9-17(10-13-25)20(21-15(2)6-5-11-24-21)19-8-7-18(23)14-16(19)3/h5-8,11,14H,4,9-10,12-13H2,1-3H3. The second-order valence-electron chi connectivity index (χ2n) is 6.79. The maximum Gasteiger partial charge on any atom is 0.409 e. The van der Waals surface area contributed by atoms with E-state index in [1.807, 2.05) is 31.3 Å². The number of ether oxygens (including phenoxy) is 1. The van der Waals surface area contributed by atoms with Crippen molar-refractivity contribution < 1.29 is 9.53 Å². The Morgan fingerprint density at radius 3 is 2.56 bits per heavy atom. The summed E-state index contributed by atoms with van der Waals surface area (Å²) in [6.45, 7) is 7.72. The first-order valence-corrected chi connectivity index (χ1v) is 9.71. The van der Waals surface area contributed by atoms with E-state index in [0.717, 1.165) is 40.2 Å². The first kappa shape index (κ1) is 19.4. The molecule has 0 aliphatic carbocycles. The number of hydrogen-bond acceptors (Lipinski definition) is 3. The van der Waals surface area contributed by atoms with Crippen molar-refractivity contribution in [2.75, 3.05) is 19.7 Å². The Morgan fingerprint density at radius 2 is 1.93 bits per heavy atom. The number of amides is 1. The second kappa shape index (κ2) is 8.57. The van der Waals surface area contributed by atoms with Crippen LogP contribution in [0.25, 0.3) is 5.57 Å². The van der Waals surface area contributed by atoms with Crippen LogP contribution in [0.5, 0.6) is 0 Å². The summed E-state index contributed by atoms with van der Waals surface area (Å²) in [5.41, 5.74) is 6.92. The summed E-state index contributed by atoms with van der Waals surface area (Å²) in [6.07, 6.45) is 3.23. The highest BCUT2D eigenvalue weighted by Crippen LogP contribution is 2.35. The van der Waals surface area contributed by atoms with Crippen LogP contribution in [0.1, 0.15) is 42.1 Å². The van der Waals surface area contributed by atoms with E-state index in [1.54, 1.807) is 4.90 Å². The van der Waals surface area contributed by atoms with Crippen LogP contribution in [0.4, 0.5) is 4.79 Å². The first-order valence-electron chi connectivity index (χ1n) is 9.33. The minimum atomic E-state index is -0.227. The van der Waals surface area contributed by atoms with Crippen molar-refractivity contribution in [1.82, 2.24) is 9.88 Å². The number of carbonyl (C=O) groups is 1. The van der Waals surface area contributed by atoms with Gasteiger partial charge in [-0.05, 0) is 68.5 Å². The van der Waals surface area contributed by atoms with Gasteiger partial charge in [0.1, 0.15) is 0 Å². The zero-order valence-electron chi connectivity index (χ0n) is 16.1. The van der Waals surface area contributed by atoms with E-state index < -0.39 is 0 Å². The third-order valence-corrected chi connectivity index (χ3v) is 5.19. The molecule has 0 saturated carbocycles. The molecule has 2 aromatic rings. The molecule has 142 valence electrons. The lowest BCUT2D eigenvalue weighted by atomic mass is 9.87. The predicted molar refractivity (Wildman–Crippen MR) is 109 cm³/mol. The Hall–Kier alpha value is -2.33. The van der Waals surface area contributed by atoms with E-state index in [2.05, 4.69) is 31.0 Å². The predicted octanol–water partition coefficient (Wildman–Crippen LogP) is 5.41. The number of aryl methyl sites for hydroxylation is 2. The molecule has 0 N–H and O–H groups in total. The molecule has 0 unspecified atom stereocenters. The average Bonchev–Trinajstić information content (AvgIpc) is 2.66. The molecule has 1 aliphatic rings. The molecule has 1 amide bonds. The SMILES string of the molecule is CCOC(=O)N1CCC(=C(c2ccc(Cl)cc2C)c2ncccc2C)CC1. The quantitative estimate of drug-likeness (QED) is 0.710. The van der Waals surface area contributed by atoms with Gasteiger partial charge in [0, 0.05) is 29.9 Å². The molecule has 1 aromatic heterocycles. The molecular formula is C22H25ClN2O2. The van der Waals surface area contributed by atoms with E-state index in [1.165, 1.54) is 11.1 Å². The van der Waals surface area contributed by atoms with Gasteiger partial charge in [-0.25, -0.2) is 4.79 Å². The van der Waals surface area contributed by atoms with Crippen LogP contribution in [-0.4, -0.2) is 35.7 Å². The number of piperidine rings is 1. The Labute approximate surface area is 165 Å². The molecule has 0 radical (unpaired) electrons. The van der Waals surface area contributed by atoms with Gasteiger partial charge in [0.15, 0.2) is 0 Å². The van der Waals surface area contributed by atoms with Gasteiger partial charge in [0.25, 0.3) is 0 Å². The number of rotatable bonds is 3. The highest BCUT2D eigenvalue weighted by Gasteiger charge is 2.24. The molecule has 1 fully saturated rings. The van der Waals surface area contributed by atoms with Gasteiger partial charge in [-0.2, -0.15) is 0 Å².